The Balaban J connectivity index is 3.48. The summed E-state index contributed by atoms with van der Waals surface area (Å²) in [7, 11) is 0. The maximum absolute atomic E-state index is 13.4. The fourth-order valence-corrected chi connectivity index (χ4v) is 3.98. The van der Waals surface area contributed by atoms with Crippen LogP contribution < -0.4 is 0 Å². The fourth-order valence-electron chi connectivity index (χ4n) is 3.98. The summed E-state index contributed by atoms with van der Waals surface area (Å²) in [6, 6.07) is 0. The van der Waals surface area contributed by atoms with E-state index in [4.69, 9.17) is 0 Å². The van der Waals surface area contributed by atoms with Crippen LogP contribution in [0.2, 0.25) is 0 Å². The van der Waals surface area contributed by atoms with Crippen LogP contribution in [0.5, 0.6) is 0 Å². The molecule has 0 aromatic rings. The third-order valence-electron chi connectivity index (χ3n) is 6.63. The number of halogens is 12. The molecule has 0 amide bonds. The van der Waals surface area contributed by atoms with Crippen molar-refractivity contribution in [2.24, 2.45) is 17.3 Å². The highest BCUT2D eigenvalue weighted by atomic mass is 19.4. The van der Waals surface area contributed by atoms with Gasteiger partial charge in [-0.1, -0.05) is 6.92 Å². The van der Waals surface area contributed by atoms with Gasteiger partial charge in [-0.2, -0.15) is 52.7 Å². The van der Waals surface area contributed by atoms with Crippen molar-refractivity contribution < 1.29 is 82.0 Å². The average molecular weight is 588 g/mol. The van der Waals surface area contributed by atoms with Gasteiger partial charge in [-0.15, -0.1) is 0 Å². The first-order valence-corrected chi connectivity index (χ1v) is 10.7. The summed E-state index contributed by atoms with van der Waals surface area (Å²) in [5, 5.41) is 19.3. The molecular weight excluding hydrogens is 564 g/mol. The number of hydrogen-bond donors (Lipinski definition) is 2. The molecule has 1 fully saturated rings. The first-order valence-electron chi connectivity index (χ1n) is 10.7. The van der Waals surface area contributed by atoms with Crippen LogP contribution in [0.15, 0.2) is 0 Å². The van der Waals surface area contributed by atoms with Crippen LogP contribution in [-0.4, -0.2) is 70.8 Å². The molecule has 224 valence electrons. The smallest absolute Gasteiger partial charge is 0.426 e. The fraction of sp³-hybridized carbons (Fsp3) is 0.900. The molecule has 0 aromatic heterocycles. The van der Waals surface area contributed by atoms with E-state index < -0.39 is 97.1 Å². The van der Waals surface area contributed by atoms with E-state index in [1.54, 1.807) is 0 Å². The van der Waals surface area contributed by atoms with Crippen LogP contribution in [0.4, 0.5) is 52.7 Å². The molecule has 0 spiro atoms. The van der Waals surface area contributed by atoms with Crippen LogP contribution in [0.1, 0.15) is 46.5 Å². The number of carbonyl (C=O) groups excluding carboxylic acids is 2. The molecule has 2 unspecified atom stereocenters. The number of esters is 2. The van der Waals surface area contributed by atoms with Gasteiger partial charge in [0.15, 0.2) is 6.61 Å². The molecule has 0 aliphatic heterocycles. The second-order valence-electron chi connectivity index (χ2n) is 9.55. The lowest BCUT2D eigenvalue weighted by molar-refractivity contribution is -0.405. The summed E-state index contributed by atoms with van der Waals surface area (Å²) in [5.41, 5.74) is -12.8. The number of alkyl halides is 12. The Morgan fingerprint density at radius 1 is 0.711 bits per heavy atom. The second-order valence-corrected chi connectivity index (χ2v) is 9.55. The number of aliphatic hydroxyl groups is 2. The number of hydrogen-bond acceptors (Lipinski definition) is 6. The molecule has 18 heteroatoms. The third kappa shape index (κ3) is 6.42. The molecule has 0 radical (unpaired) electrons. The van der Waals surface area contributed by atoms with Crippen molar-refractivity contribution in [3.63, 3.8) is 0 Å². The van der Waals surface area contributed by atoms with Gasteiger partial charge >= 0.3 is 36.6 Å². The van der Waals surface area contributed by atoms with E-state index in [0.29, 0.717) is 0 Å². The summed E-state index contributed by atoms with van der Waals surface area (Å²) in [5.74, 6) is -9.70. The molecule has 1 aliphatic carbocycles. The molecule has 6 nitrogen and oxygen atoms in total. The lowest BCUT2D eigenvalue weighted by Gasteiger charge is -2.48. The minimum Gasteiger partial charge on any atom is -0.460 e. The Kier molecular flexibility index (Phi) is 9.44. The molecule has 0 bridgehead atoms. The molecular formula is C20H24F12O6. The highest BCUT2D eigenvalue weighted by Crippen LogP contribution is 2.57. The Morgan fingerprint density at radius 2 is 1.05 bits per heavy atom. The Morgan fingerprint density at radius 3 is 1.34 bits per heavy atom. The summed E-state index contributed by atoms with van der Waals surface area (Å²) < 4.78 is 170. The highest BCUT2D eigenvalue weighted by Gasteiger charge is 2.78. The first kappa shape index (κ1) is 34.0. The molecule has 1 saturated carbocycles. The number of ether oxygens (including phenoxy) is 2. The topological polar surface area (TPSA) is 93.1 Å². The first-order chi connectivity index (χ1) is 16.7. The zero-order valence-electron chi connectivity index (χ0n) is 19.8. The van der Waals surface area contributed by atoms with Crippen LogP contribution in [0, 0.1) is 17.3 Å². The van der Waals surface area contributed by atoms with E-state index in [-0.39, 0.29) is 6.42 Å². The lowest BCUT2D eigenvalue weighted by Crippen LogP contribution is -2.67. The van der Waals surface area contributed by atoms with Crippen molar-refractivity contribution in [1.82, 2.24) is 0 Å². The van der Waals surface area contributed by atoms with Gasteiger partial charge in [0.2, 0.25) is 0 Å². The predicted molar refractivity (Wildman–Crippen MR) is 99.9 cm³/mol. The van der Waals surface area contributed by atoms with E-state index in [1.165, 1.54) is 20.8 Å². The molecule has 38 heavy (non-hydrogen) atoms. The molecule has 2 N–H and O–H groups in total. The van der Waals surface area contributed by atoms with E-state index >= 15 is 0 Å². The molecule has 1 aliphatic rings. The molecule has 0 saturated heterocycles. The molecule has 2 atom stereocenters. The molecule has 0 aromatic carbocycles. The van der Waals surface area contributed by atoms with Crippen LogP contribution >= 0.6 is 0 Å². The maximum atomic E-state index is 13.4. The van der Waals surface area contributed by atoms with E-state index in [1.807, 2.05) is 0 Å². The van der Waals surface area contributed by atoms with Gasteiger partial charge in [-0.25, -0.2) is 4.79 Å². The van der Waals surface area contributed by atoms with Crippen molar-refractivity contribution in [3.05, 3.63) is 0 Å². The van der Waals surface area contributed by atoms with Gasteiger partial charge in [0, 0.05) is 11.8 Å². The summed E-state index contributed by atoms with van der Waals surface area (Å²) in [6.07, 6.45) is -34.6. The largest absolute Gasteiger partial charge is 0.460 e. The van der Waals surface area contributed by atoms with Crippen LogP contribution in [0.3, 0.4) is 0 Å². The van der Waals surface area contributed by atoms with Crippen molar-refractivity contribution in [3.8, 4) is 0 Å². The Bertz CT molecular complexity index is 785. The summed E-state index contributed by atoms with van der Waals surface area (Å²) in [6.45, 7) is 2.93. The van der Waals surface area contributed by atoms with Crippen molar-refractivity contribution in [2.45, 2.75) is 88.5 Å². The number of rotatable bonds is 7. The molecule has 1 rings (SSSR count). The Hall–Kier alpha value is -1.98. The summed E-state index contributed by atoms with van der Waals surface area (Å²) in [4.78, 5) is 23.9. The quantitative estimate of drug-likeness (QED) is 0.321. The second kappa shape index (κ2) is 10.5. The normalized spacial score (nSPS) is 22.7. The van der Waals surface area contributed by atoms with Crippen LogP contribution in [0.25, 0.3) is 0 Å². The maximum Gasteiger partial charge on any atom is 0.426 e. The van der Waals surface area contributed by atoms with Gasteiger partial charge in [-0.3, -0.25) is 4.79 Å². The van der Waals surface area contributed by atoms with E-state index in [2.05, 4.69) is 9.47 Å². The van der Waals surface area contributed by atoms with Gasteiger partial charge in [0.1, 0.15) is 6.10 Å². The monoisotopic (exact) mass is 588 g/mol. The van der Waals surface area contributed by atoms with Crippen molar-refractivity contribution >= 4 is 11.9 Å². The van der Waals surface area contributed by atoms with E-state index in [0.717, 1.165) is 0 Å². The Labute approximate surface area is 207 Å². The average Bonchev–Trinajstić information content (AvgIpc) is 2.72. The standard InChI is InChI=1S/C20H24F12O6/c1-4-14(2,3)13(34)37-8-12(33)38-11-6-9(15(35,17(21,22)23)18(24,25)26)5-10(7-11)16(36,19(27,28)29)20(30,31)32/h9-11,35-36H,4-8H2,1-3H3. The third-order valence-corrected chi connectivity index (χ3v) is 6.63. The van der Waals surface area contributed by atoms with E-state index in [9.17, 15) is 72.5 Å². The minimum atomic E-state index is -6.65. The SMILES string of the molecule is CCC(C)(C)C(=O)OCC(=O)OC1CC(C(O)(C(F)(F)F)C(F)(F)F)CC(C(O)(C(F)(F)F)C(F)(F)F)C1. The van der Waals surface area contributed by atoms with Crippen LogP contribution in [-0.2, 0) is 19.1 Å². The summed E-state index contributed by atoms with van der Waals surface area (Å²) >= 11 is 0. The zero-order chi connectivity index (χ0) is 30.3. The number of carbonyl (C=O) groups is 2. The van der Waals surface area contributed by atoms with Gasteiger partial charge in [0.25, 0.3) is 11.2 Å². The van der Waals surface area contributed by atoms with Crippen molar-refractivity contribution in [1.29, 1.82) is 0 Å². The predicted octanol–water partition coefficient (Wildman–Crippen LogP) is 5.01. The lowest BCUT2D eigenvalue weighted by atomic mass is 9.65. The van der Waals surface area contributed by atoms with Crippen molar-refractivity contribution in [2.75, 3.05) is 6.61 Å². The minimum absolute atomic E-state index is 0.174. The van der Waals surface area contributed by atoms with Gasteiger partial charge in [0.05, 0.1) is 5.41 Å². The zero-order valence-corrected chi connectivity index (χ0v) is 19.8. The molecule has 0 heterocycles. The van der Waals surface area contributed by atoms with Gasteiger partial charge in [-0.05, 0) is 39.5 Å². The highest BCUT2D eigenvalue weighted by molar-refractivity contribution is 5.79. The van der Waals surface area contributed by atoms with Gasteiger partial charge < -0.3 is 19.7 Å².